The highest BCUT2D eigenvalue weighted by Gasteiger charge is 2.30. The minimum Gasteiger partial charge on any atom is -0.494 e. The zero-order valence-corrected chi connectivity index (χ0v) is 28.0. The summed E-state index contributed by atoms with van der Waals surface area (Å²) in [5.41, 5.74) is 10.9. The van der Waals surface area contributed by atoms with Gasteiger partial charge in [-0.2, -0.15) is 0 Å². The zero-order chi connectivity index (χ0) is 33.7. The van der Waals surface area contributed by atoms with E-state index in [4.69, 9.17) is 10.5 Å². The third-order valence-corrected chi connectivity index (χ3v) is 12.0. The van der Waals surface area contributed by atoms with Crippen LogP contribution in [0.15, 0.2) is 108 Å². The maximum absolute atomic E-state index is 13.2. The van der Waals surface area contributed by atoms with Crippen LogP contribution in [-0.4, -0.2) is 57.5 Å². The van der Waals surface area contributed by atoms with Crippen molar-refractivity contribution in [2.45, 2.75) is 36.5 Å². The molecule has 0 aliphatic carbocycles. The van der Waals surface area contributed by atoms with Crippen LogP contribution in [0.1, 0.15) is 36.3 Å². The van der Waals surface area contributed by atoms with Gasteiger partial charge in [0.15, 0.2) is 0 Å². The molecule has 0 saturated carbocycles. The Labute approximate surface area is 281 Å². The standard InChI is InChI=1S/C36H38N4O6S2/c37-35(41)23-29-21-28(26-9-3-1-4-10-26)22-33-34(25-38-36(29)33)27-15-17-40(18-16-27)47(42,43)20-8-19-46-31-13-7-14-32(24-31)48(44,45)39-30-11-5-2-6-12-30/h1-7,9-14,21-22,24-25,27,38-39H,8,15-20,23H2,(H2,37,41). The summed E-state index contributed by atoms with van der Waals surface area (Å²) in [5.74, 6) is 0.0206. The van der Waals surface area contributed by atoms with Crippen LogP contribution in [0.5, 0.6) is 5.75 Å². The summed E-state index contributed by atoms with van der Waals surface area (Å²) in [6.07, 6.45) is 3.69. The number of aromatic nitrogens is 1. The Morgan fingerprint density at radius 1 is 0.875 bits per heavy atom. The molecule has 4 aromatic carbocycles. The number of benzene rings is 4. The van der Waals surface area contributed by atoms with Gasteiger partial charge in [0.2, 0.25) is 15.9 Å². The van der Waals surface area contributed by atoms with Crippen LogP contribution < -0.4 is 15.2 Å². The molecule has 0 atom stereocenters. The highest BCUT2D eigenvalue weighted by atomic mass is 32.2. The molecule has 1 aromatic heterocycles. The first-order valence-electron chi connectivity index (χ1n) is 15.9. The molecule has 0 unspecified atom stereocenters. The smallest absolute Gasteiger partial charge is 0.262 e. The van der Waals surface area contributed by atoms with Crippen LogP contribution in [0.3, 0.4) is 0 Å². The average Bonchev–Trinajstić information content (AvgIpc) is 3.52. The summed E-state index contributed by atoms with van der Waals surface area (Å²) >= 11 is 0. The number of H-pyrrole nitrogens is 1. The minimum absolute atomic E-state index is 0.0509. The molecule has 48 heavy (non-hydrogen) atoms. The molecule has 1 aliphatic heterocycles. The number of hydrogen-bond acceptors (Lipinski definition) is 6. The van der Waals surface area contributed by atoms with Crippen molar-refractivity contribution in [1.82, 2.24) is 9.29 Å². The number of anilines is 1. The molecule has 0 radical (unpaired) electrons. The molecule has 250 valence electrons. The highest BCUT2D eigenvalue weighted by molar-refractivity contribution is 7.92. The van der Waals surface area contributed by atoms with Crippen LogP contribution in [0.2, 0.25) is 0 Å². The molecule has 4 N–H and O–H groups in total. The van der Waals surface area contributed by atoms with Crippen LogP contribution >= 0.6 is 0 Å². The summed E-state index contributed by atoms with van der Waals surface area (Å²) in [7, 11) is -7.33. The lowest BCUT2D eigenvalue weighted by Crippen LogP contribution is -2.39. The second-order valence-corrected chi connectivity index (χ2v) is 15.7. The maximum Gasteiger partial charge on any atom is 0.262 e. The number of fused-ring (bicyclic) bond motifs is 1. The maximum atomic E-state index is 13.2. The topological polar surface area (TPSA) is 152 Å². The second-order valence-electron chi connectivity index (χ2n) is 11.9. The van der Waals surface area contributed by atoms with E-state index in [1.165, 1.54) is 12.1 Å². The van der Waals surface area contributed by atoms with Gasteiger partial charge in [-0.05, 0) is 83.8 Å². The lowest BCUT2D eigenvalue weighted by atomic mass is 9.88. The van der Waals surface area contributed by atoms with Crippen LogP contribution in [0, 0.1) is 0 Å². The Morgan fingerprint density at radius 2 is 1.58 bits per heavy atom. The van der Waals surface area contributed by atoms with Gasteiger partial charge in [0.1, 0.15) is 5.75 Å². The number of nitrogens with zero attached hydrogens (tertiary/aromatic N) is 1. The van der Waals surface area contributed by atoms with Crippen molar-refractivity contribution >= 4 is 42.5 Å². The summed E-state index contributed by atoms with van der Waals surface area (Å²) in [4.78, 5) is 15.3. The van der Waals surface area contributed by atoms with E-state index < -0.39 is 26.0 Å². The van der Waals surface area contributed by atoms with Crippen molar-refractivity contribution in [2.24, 2.45) is 5.73 Å². The number of rotatable bonds is 13. The van der Waals surface area contributed by atoms with Gasteiger partial charge in [0.25, 0.3) is 10.0 Å². The molecule has 12 heteroatoms. The van der Waals surface area contributed by atoms with E-state index in [0.29, 0.717) is 37.4 Å². The fraction of sp³-hybridized carbons (Fsp3) is 0.250. The predicted molar refractivity (Wildman–Crippen MR) is 188 cm³/mol. The largest absolute Gasteiger partial charge is 0.494 e. The van der Waals surface area contributed by atoms with E-state index >= 15 is 0 Å². The fourth-order valence-corrected chi connectivity index (χ4v) is 8.85. The molecule has 2 heterocycles. The van der Waals surface area contributed by atoms with Gasteiger partial charge < -0.3 is 15.5 Å². The molecule has 0 spiro atoms. The average molecular weight is 687 g/mol. The Kier molecular flexibility index (Phi) is 9.86. The molecular formula is C36H38N4O6S2. The summed E-state index contributed by atoms with van der Waals surface area (Å²) in [6.45, 7) is 0.931. The summed E-state index contributed by atoms with van der Waals surface area (Å²) in [6, 6.07) is 28.8. The molecule has 5 aromatic rings. The number of carbonyl (C=O) groups is 1. The molecule has 1 saturated heterocycles. The number of ether oxygens (including phenoxy) is 1. The number of nitrogens with one attached hydrogen (secondary N) is 2. The number of sulfonamides is 2. The number of primary amides is 1. The molecule has 1 aliphatic rings. The lowest BCUT2D eigenvalue weighted by Gasteiger charge is -2.31. The Bertz CT molecular complexity index is 2110. The number of aromatic amines is 1. The van der Waals surface area contributed by atoms with Crippen molar-refractivity contribution in [3.8, 4) is 16.9 Å². The number of para-hydroxylation sites is 1. The monoisotopic (exact) mass is 686 g/mol. The van der Waals surface area contributed by atoms with E-state index in [1.54, 1.807) is 46.8 Å². The molecule has 1 amide bonds. The lowest BCUT2D eigenvalue weighted by molar-refractivity contribution is -0.117. The van der Waals surface area contributed by atoms with Crippen LogP contribution in [0.25, 0.3) is 22.0 Å². The van der Waals surface area contributed by atoms with Gasteiger partial charge >= 0.3 is 0 Å². The van der Waals surface area contributed by atoms with Crippen molar-refractivity contribution < 1.29 is 26.4 Å². The first-order valence-corrected chi connectivity index (χ1v) is 18.9. The van der Waals surface area contributed by atoms with E-state index in [1.807, 2.05) is 42.6 Å². The molecule has 6 rings (SSSR count). The summed E-state index contributed by atoms with van der Waals surface area (Å²) in [5, 5.41) is 1.03. The number of hydrogen-bond donors (Lipinski definition) is 3. The third kappa shape index (κ3) is 7.73. The molecule has 0 bridgehead atoms. The second kappa shape index (κ2) is 14.2. The van der Waals surface area contributed by atoms with Crippen molar-refractivity contribution in [1.29, 1.82) is 0 Å². The van der Waals surface area contributed by atoms with Crippen LogP contribution in [-0.2, 0) is 31.3 Å². The van der Waals surface area contributed by atoms with Crippen LogP contribution in [0.4, 0.5) is 5.69 Å². The number of piperidine rings is 1. The molecule has 1 fully saturated rings. The van der Waals surface area contributed by atoms with Gasteiger partial charge in [-0.3, -0.25) is 9.52 Å². The van der Waals surface area contributed by atoms with E-state index in [2.05, 4.69) is 15.8 Å². The Morgan fingerprint density at radius 3 is 2.29 bits per heavy atom. The number of amides is 1. The number of nitrogens with two attached hydrogens (primary N) is 1. The SMILES string of the molecule is NC(=O)Cc1cc(-c2ccccc2)cc2c(C3CCN(S(=O)(=O)CCCOc4cccc(S(=O)(=O)Nc5ccccc5)c4)CC3)c[nH]c12. The first kappa shape index (κ1) is 33.3. The van der Waals surface area contributed by atoms with Crippen molar-refractivity contribution in [3.63, 3.8) is 0 Å². The Hall–Kier alpha value is -4.65. The predicted octanol–water partition coefficient (Wildman–Crippen LogP) is 5.64. The first-order chi connectivity index (χ1) is 23.1. The van der Waals surface area contributed by atoms with Gasteiger partial charge in [0.05, 0.1) is 23.7 Å². The van der Waals surface area contributed by atoms with Gasteiger partial charge in [-0.15, -0.1) is 0 Å². The number of carbonyl (C=O) groups excluding carboxylic acids is 1. The van der Waals surface area contributed by atoms with Crippen molar-refractivity contribution in [3.05, 3.63) is 114 Å². The normalized spacial score (nSPS) is 14.6. The van der Waals surface area contributed by atoms with E-state index in [9.17, 15) is 21.6 Å². The van der Waals surface area contributed by atoms with Gasteiger partial charge in [-0.25, -0.2) is 21.1 Å². The highest BCUT2D eigenvalue weighted by Crippen LogP contribution is 2.37. The Balaban J connectivity index is 1.06. The third-order valence-electron chi connectivity index (χ3n) is 8.62. The fourth-order valence-electron chi connectivity index (χ4n) is 6.25. The molecular weight excluding hydrogens is 649 g/mol. The van der Waals surface area contributed by atoms with Gasteiger partial charge in [0, 0.05) is 41.9 Å². The summed E-state index contributed by atoms with van der Waals surface area (Å²) < 4.78 is 61.9. The van der Waals surface area contributed by atoms with E-state index in [0.717, 1.165) is 33.2 Å². The quantitative estimate of drug-likeness (QED) is 0.136. The van der Waals surface area contributed by atoms with Gasteiger partial charge in [-0.1, -0.05) is 54.6 Å². The molecule has 10 nitrogen and oxygen atoms in total. The van der Waals surface area contributed by atoms with E-state index in [-0.39, 0.29) is 36.0 Å². The van der Waals surface area contributed by atoms with Crippen molar-refractivity contribution in [2.75, 3.05) is 30.2 Å². The minimum atomic E-state index is -3.81. The zero-order valence-electron chi connectivity index (χ0n) is 26.3.